The van der Waals surface area contributed by atoms with Gasteiger partial charge in [0.05, 0.1) is 7.11 Å². The minimum Gasteiger partial charge on any atom is -0.464 e. The quantitative estimate of drug-likeness (QED) is 0.885. The molecule has 108 valence electrons. The zero-order valence-corrected chi connectivity index (χ0v) is 12.3. The molecule has 0 aliphatic rings. The summed E-state index contributed by atoms with van der Waals surface area (Å²) in [5.41, 5.74) is 1.68. The third-order valence-electron chi connectivity index (χ3n) is 2.81. The zero-order chi connectivity index (χ0) is 15.4. The summed E-state index contributed by atoms with van der Waals surface area (Å²) in [6, 6.07) is 9.71. The standard InChI is InChI=1S/C15H13ClN2O3/c1-9-8-10(16)6-7-11(9)18-14(19)12-4-3-5-13(17-12)15(20)21-2/h3-8H,1-2H3,(H,18,19). The largest absolute Gasteiger partial charge is 0.464 e. The molecule has 0 aliphatic carbocycles. The van der Waals surface area contributed by atoms with Crippen molar-refractivity contribution >= 4 is 29.2 Å². The summed E-state index contributed by atoms with van der Waals surface area (Å²) in [5, 5.41) is 3.32. The van der Waals surface area contributed by atoms with Crippen molar-refractivity contribution in [1.29, 1.82) is 0 Å². The van der Waals surface area contributed by atoms with E-state index in [4.69, 9.17) is 11.6 Å². The van der Waals surface area contributed by atoms with Crippen LogP contribution in [0.1, 0.15) is 26.5 Å². The lowest BCUT2D eigenvalue weighted by Gasteiger charge is -2.08. The fraction of sp³-hybridized carbons (Fsp3) is 0.133. The molecule has 1 aromatic carbocycles. The van der Waals surface area contributed by atoms with E-state index in [-0.39, 0.29) is 11.4 Å². The van der Waals surface area contributed by atoms with Gasteiger partial charge in [0.15, 0.2) is 0 Å². The maximum atomic E-state index is 12.2. The molecule has 5 nitrogen and oxygen atoms in total. The number of methoxy groups -OCH3 is 1. The van der Waals surface area contributed by atoms with Crippen molar-refractivity contribution < 1.29 is 14.3 Å². The Labute approximate surface area is 126 Å². The molecule has 0 atom stereocenters. The van der Waals surface area contributed by atoms with Crippen LogP contribution in [0.2, 0.25) is 5.02 Å². The summed E-state index contributed by atoms with van der Waals surface area (Å²) in [5.74, 6) is -1.00. The SMILES string of the molecule is COC(=O)c1cccc(C(=O)Nc2ccc(Cl)cc2C)n1. The first kappa shape index (κ1) is 15.0. The first-order valence-corrected chi connectivity index (χ1v) is 6.52. The van der Waals surface area contributed by atoms with E-state index in [1.54, 1.807) is 24.3 Å². The van der Waals surface area contributed by atoms with Crippen LogP contribution in [0.5, 0.6) is 0 Å². The maximum Gasteiger partial charge on any atom is 0.356 e. The Balaban J connectivity index is 2.22. The smallest absolute Gasteiger partial charge is 0.356 e. The van der Waals surface area contributed by atoms with Crippen LogP contribution in [0.4, 0.5) is 5.69 Å². The summed E-state index contributed by atoms with van der Waals surface area (Å²) in [7, 11) is 1.26. The number of nitrogens with one attached hydrogen (secondary N) is 1. The molecular weight excluding hydrogens is 292 g/mol. The van der Waals surface area contributed by atoms with E-state index in [9.17, 15) is 9.59 Å². The summed E-state index contributed by atoms with van der Waals surface area (Å²) >= 11 is 5.87. The van der Waals surface area contributed by atoms with Crippen LogP contribution in [0.3, 0.4) is 0 Å². The number of pyridine rings is 1. The van der Waals surface area contributed by atoms with Crippen LogP contribution >= 0.6 is 11.6 Å². The average Bonchev–Trinajstić information content (AvgIpc) is 2.49. The van der Waals surface area contributed by atoms with E-state index in [0.29, 0.717) is 10.7 Å². The van der Waals surface area contributed by atoms with E-state index in [2.05, 4.69) is 15.0 Å². The Morgan fingerprint density at radius 2 is 1.90 bits per heavy atom. The molecule has 0 unspecified atom stereocenters. The Morgan fingerprint density at radius 3 is 2.57 bits per heavy atom. The number of benzene rings is 1. The van der Waals surface area contributed by atoms with Crippen molar-refractivity contribution in [3.05, 3.63) is 58.4 Å². The molecule has 0 bridgehead atoms. The van der Waals surface area contributed by atoms with E-state index in [1.807, 2.05) is 6.92 Å². The fourth-order valence-electron chi connectivity index (χ4n) is 1.73. The second kappa shape index (κ2) is 6.37. The second-order valence-electron chi connectivity index (χ2n) is 4.31. The van der Waals surface area contributed by atoms with Gasteiger partial charge < -0.3 is 10.1 Å². The molecule has 0 spiro atoms. The number of esters is 1. The molecule has 0 saturated heterocycles. The summed E-state index contributed by atoms with van der Waals surface area (Å²) in [6.45, 7) is 1.83. The molecule has 1 N–H and O–H groups in total. The highest BCUT2D eigenvalue weighted by Gasteiger charge is 2.13. The van der Waals surface area contributed by atoms with Crippen molar-refractivity contribution in [3.63, 3.8) is 0 Å². The fourth-order valence-corrected chi connectivity index (χ4v) is 1.96. The van der Waals surface area contributed by atoms with Gasteiger partial charge in [0.25, 0.3) is 5.91 Å². The van der Waals surface area contributed by atoms with Gasteiger partial charge >= 0.3 is 5.97 Å². The van der Waals surface area contributed by atoms with Gasteiger partial charge in [-0.1, -0.05) is 17.7 Å². The van der Waals surface area contributed by atoms with Gasteiger partial charge in [0, 0.05) is 10.7 Å². The molecule has 0 fully saturated rings. The topological polar surface area (TPSA) is 68.3 Å². The maximum absolute atomic E-state index is 12.2. The molecule has 1 heterocycles. The lowest BCUT2D eigenvalue weighted by molar-refractivity contribution is 0.0594. The van der Waals surface area contributed by atoms with Crippen LogP contribution in [0.25, 0.3) is 0 Å². The van der Waals surface area contributed by atoms with E-state index in [1.165, 1.54) is 19.2 Å². The number of rotatable bonds is 3. The lowest BCUT2D eigenvalue weighted by atomic mass is 10.2. The second-order valence-corrected chi connectivity index (χ2v) is 4.75. The number of aromatic nitrogens is 1. The molecule has 0 saturated carbocycles. The van der Waals surface area contributed by atoms with Crippen molar-refractivity contribution in [1.82, 2.24) is 4.98 Å². The number of halogens is 1. The molecular formula is C15H13ClN2O3. The Morgan fingerprint density at radius 1 is 1.19 bits per heavy atom. The Hall–Kier alpha value is -2.40. The predicted octanol–water partition coefficient (Wildman–Crippen LogP) is 3.08. The number of hydrogen-bond acceptors (Lipinski definition) is 4. The summed E-state index contributed by atoms with van der Waals surface area (Å²) < 4.78 is 4.57. The average molecular weight is 305 g/mol. The van der Waals surface area contributed by atoms with E-state index >= 15 is 0 Å². The molecule has 0 aliphatic heterocycles. The van der Waals surface area contributed by atoms with Crippen LogP contribution in [-0.2, 0) is 4.74 Å². The van der Waals surface area contributed by atoms with E-state index < -0.39 is 11.9 Å². The molecule has 2 rings (SSSR count). The first-order valence-electron chi connectivity index (χ1n) is 6.14. The number of nitrogens with zero attached hydrogens (tertiary/aromatic N) is 1. The zero-order valence-electron chi connectivity index (χ0n) is 11.5. The van der Waals surface area contributed by atoms with Crippen LogP contribution < -0.4 is 5.32 Å². The predicted molar refractivity (Wildman–Crippen MR) is 79.7 cm³/mol. The van der Waals surface area contributed by atoms with Gasteiger partial charge in [-0.2, -0.15) is 0 Å². The van der Waals surface area contributed by atoms with Gasteiger partial charge in [-0.25, -0.2) is 9.78 Å². The first-order chi connectivity index (χ1) is 10.0. The van der Waals surface area contributed by atoms with Crippen molar-refractivity contribution in [2.24, 2.45) is 0 Å². The monoisotopic (exact) mass is 304 g/mol. The van der Waals surface area contributed by atoms with Gasteiger partial charge in [-0.3, -0.25) is 4.79 Å². The minimum atomic E-state index is -0.590. The molecule has 2 aromatic rings. The number of amides is 1. The highest BCUT2D eigenvalue weighted by atomic mass is 35.5. The number of carbonyl (C=O) groups excluding carboxylic acids is 2. The Bertz CT molecular complexity index is 701. The number of ether oxygens (including phenoxy) is 1. The third kappa shape index (κ3) is 3.58. The van der Waals surface area contributed by atoms with Crippen LogP contribution in [-0.4, -0.2) is 24.0 Å². The van der Waals surface area contributed by atoms with Gasteiger partial charge in [-0.05, 0) is 42.8 Å². The summed E-state index contributed by atoms with van der Waals surface area (Å²) in [6.07, 6.45) is 0. The van der Waals surface area contributed by atoms with Crippen molar-refractivity contribution in [2.45, 2.75) is 6.92 Å². The van der Waals surface area contributed by atoms with Crippen molar-refractivity contribution in [2.75, 3.05) is 12.4 Å². The molecule has 1 aromatic heterocycles. The van der Waals surface area contributed by atoms with Gasteiger partial charge in [-0.15, -0.1) is 0 Å². The van der Waals surface area contributed by atoms with Crippen molar-refractivity contribution in [3.8, 4) is 0 Å². The number of hydrogen-bond donors (Lipinski definition) is 1. The molecule has 6 heteroatoms. The van der Waals surface area contributed by atoms with Crippen LogP contribution in [0, 0.1) is 6.92 Å². The van der Waals surface area contributed by atoms with Gasteiger partial charge in [0.1, 0.15) is 11.4 Å². The normalized spacial score (nSPS) is 10.0. The molecule has 0 radical (unpaired) electrons. The molecule has 21 heavy (non-hydrogen) atoms. The van der Waals surface area contributed by atoms with E-state index in [0.717, 1.165) is 5.56 Å². The third-order valence-corrected chi connectivity index (χ3v) is 3.05. The molecule has 1 amide bonds. The number of carbonyl (C=O) groups is 2. The van der Waals surface area contributed by atoms with Gasteiger partial charge in [0.2, 0.25) is 0 Å². The highest BCUT2D eigenvalue weighted by molar-refractivity contribution is 6.30. The summed E-state index contributed by atoms with van der Waals surface area (Å²) in [4.78, 5) is 27.5. The Kier molecular flexibility index (Phi) is 4.55. The van der Waals surface area contributed by atoms with Crippen LogP contribution in [0.15, 0.2) is 36.4 Å². The minimum absolute atomic E-state index is 0.0815. The number of aryl methyl sites for hydroxylation is 1. The highest BCUT2D eigenvalue weighted by Crippen LogP contribution is 2.20. The lowest BCUT2D eigenvalue weighted by Crippen LogP contribution is -2.16. The number of anilines is 1.